The zero-order chi connectivity index (χ0) is 29.7. The van der Waals surface area contributed by atoms with Gasteiger partial charge in [0.1, 0.15) is 12.4 Å². The number of aliphatic hydroxyl groups is 1. The van der Waals surface area contributed by atoms with Gasteiger partial charge in [0, 0.05) is 54.6 Å². The van der Waals surface area contributed by atoms with Crippen molar-refractivity contribution in [3.8, 4) is 5.75 Å². The molecule has 1 fully saturated rings. The van der Waals surface area contributed by atoms with Gasteiger partial charge in [0.25, 0.3) is 0 Å². The monoisotopic (exact) mass is 589 g/mol. The molecule has 5 rings (SSSR count). The number of fused-ring (bicyclic) bond motifs is 2. The van der Waals surface area contributed by atoms with E-state index in [1.165, 1.54) is 12.7 Å². The third-order valence-corrected chi connectivity index (χ3v) is 8.46. The summed E-state index contributed by atoms with van der Waals surface area (Å²) in [5.74, 6) is 0.615. The van der Waals surface area contributed by atoms with Crippen molar-refractivity contribution in [2.24, 2.45) is 0 Å². The Morgan fingerprint density at radius 1 is 1.21 bits per heavy atom. The van der Waals surface area contributed by atoms with Crippen LogP contribution in [0.4, 0.5) is 0 Å². The van der Waals surface area contributed by atoms with Crippen LogP contribution < -0.4 is 4.74 Å². The van der Waals surface area contributed by atoms with E-state index in [9.17, 15) is 9.90 Å². The summed E-state index contributed by atoms with van der Waals surface area (Å²) in [7, 11) is 1.44. The number of ether oxygens (including phenoxy) is 2. The van der Waals surface area contributed by atoms with Gasteiger partial charge < -0.3 is 19.5 Å². The number of carbonyl (C=O) groups is 1. The lowest BCUT2D eigenvalue weighted by Gasteiger charge is -2.29. The molecule has 1 N–H and O–H groups in total. The molecule has 2 aliphatic rings. The van der Waals surface area contributed by atoms with Gasteiger partial charge in [-0.3, -0.25) is 14.7 Å². The molecule has 1 saturated heterocycles. The van der Waals surface area contributed by atoms with E-state index in [4.69, 9.17) is 21.1 Å². The maximum Gasteiger partial charge on any atom is 0.306 e. The van der Waals surface area contributed by atoms with Gasteiger partial charge in [-0.15, -0.1) is 0 Å². The van der Waals surface area contributed by atoms with Gasteiger partial charge in [-0.2, -0.15) is 0 Å². The summed E-state index contributed by atoms with van der Waals surface area (Å²) in [6.07, 6.45) is 6.37. The minimum Gasteiger partial charge on any atom is -0.487 e. The lowest BCUT2D eigenvalue weighted by atomic mass is 9.90. The number of carbonyl (C=O) groups excluding carboxylic acids is 1. The number of halogens is 1. The van der Waals surface area contributed by atoms with Crippen LogP contribution in [0.5, 0.6) is 5.75 Å². The van der Waals surface area contributed by atoms with Crippen LogP contribution in [0.2, 0.25) is 5.02 Å². The number of hydrogen-bond donors (Lipinski definition) is 1. The maximum absolute atomic E-state index is 11.9. The van der Waals surface area contributed by atoms with Gasteiger partial charge in [0.05, 0.1) is 24.8 Å². The smallest absolute Gasteiger partial charge is 0.306 e. The molecule has 42 heavy (non-hydrogen) atoms. The van der Waals surface area contributed by atoms with Crippen molar-refractivity contribution in [2.45, 2.75) is 57.9 Å². The fourth-order valence-corrected chi connectivity index (χ4v) is 5.94. The molecule has 1 atom stereocenters. The highest BCUT2D eigenvalue weighted by Gasteiger charge is 2.28. The number of aromatic nitrogens is 1. The predicted molar refractivity (Wildman–Crippen MR) is 165 cm³/mol. The number of esters is 1. The molecule has 2 aliphatic heterocycles. The molecule has 3 aromatic rings. The molecule has 222 valence electrons. The number of likely N-dealkylation sites (tertiary alicyclic amines) is 1. The summed E-state index contributed by atoms with van der Waals surface area (Å²) in [6.45, 7) is 8.30. The average Bonchev–Trinajstić information content (AvgIpc) is 3.39. The Morgan fingerprint density at radius 2 is 2.02 bits per heavy atom. The van der Waals surface area contributed by atoms with Crippen molar-refractivity contribution in [2.75, 3.05) is 33.3 Å². The van der Waals surface area contributed by atoms with Crippen molar-refractivity contribution < 1.29 is 19.4 Å². The molecule has 0 bridgehead atoms. The Hall–Kier alpha value is -3.23. The first-order valence-corrected chi connectivity index (χ1v) is 15.0. The molecular formula is C34H40ClN3O4. The Balaban J connectivity index is 1.31. The zero-order valence-electron chi connectivity index (χ0n) is 24.7. The first-order chi connectivity index (χ1) is 20.2. The fraction of sp³-hybridized carbons (Fsp3) is 0.412. The number of nitrogens with zero attached hydrogens (tertiary/aromatic N) is 3. The maximum atomic E-state index is 11.9. The minimum absolute atomic E-state index is 0.187. The largest absolute Gasteiger partial charge is 0.487 e. The summed E-state index contributed by atoms with van der Waals surface area (Å²) in [5.41, 5.74) is 5.13. The molecule has 0 amide bonds. The Morgan fingerprint density at radius 3 is 2.79 bits per heavy atom. The summed E-state index contributed by atoms with van der Waals surface area (Å²) in [6, 6.07) is 18.3. The lowest BCUT2D eigenvalue weighted by Crippen LogP contribution is -2.38. The van der Waals surface area contributed by atoms with E-state index in [-0.39, 0.29) is 5.97 Å². The first kappa shape index (κ1) is 30.2. The van der Waals surface area contributed by atoms with E-state index in [1.807, 2.05) is 36.4 Å². The van der Waals surface area contributed by atoms with Crippen molar-refractivity contribution in [1.82, 2.24) is 14.8 Å². The molecule has 1 aromatic heterocycles. The summed E-state index contributed by atoms with van der Waals surface area (Å²) < 4.78 is 11.1. The average molecular weight is 590 g/mol. The van der Waals surface area contributed by atoms with Crippen molar-refractivity contribution in [3.63, 3.8) is 0 Å². The van der Waals surface area contributed by atoms with Gasteiger partial charge in [-0.25, -0.2) is 0 Å². The number of hydrogen-bond acceptors (Lipinski definition) is 7. The Kier molecular flexibility index (Phi) is 9.63. The van der Waals surface area contributed by atoms with Gasteiger partial charge in [0.2, 0.25) is 0 Å². The second-order valence-corrected chi connectivity index (χ2v) is 12.1. The topological polar surface area (TPSA) is 75.1 Å². The lowest BCUT2D eigenvalue weighted by molar-refractivity contribution is -0.141. The van der Waals surface area contributed by atoms with Crippen LogP contribution in [0.15, 0.2) is 66.9 Å². The molecule has 3 heterocycles. The number of benzene rings is 2. The second kappa shape index (κ2) is 13.4. The van der Waals surface area contributed by atoms with Crippen LogP contribution in [-0.4, -0.2) is 65.2 Å². The van der Waals surface area contributed by atoms with Crippen molar-refractivity contribution in [1.29, 1.82) is 0 Å². The van der Waals surface area contributed by atoms with Gasteiger partial charge >= 0.3 is 5.97 Å². The van der Waals surface area contributed by atoms with E-state index in [2.05, 4.69) is 39.1 Å². The number of rotatable bonds is 10. The molecule has 7 nitrogen and oxygen atoms in total. The van der Waals surface area contributed by atoms with E-state index in [1.54, 1.807) is 20.0 Å². The summed E-state index contributed by atoms with van der Waals surface area (Å²) in [4.78, 5) is 21.5. The van der Waals surface area contributed by atoms with E-state index in [0.29, 0.717) is 25.6 Å². The molecule has 0 spiro atoms. The molecule has 0 saturated carbocycles. The van der Waals surface area contributed by atoms with E-state index >= 15 is 0 Å². The Bertz CT molecular complexity index is 1420. The number of methoxy groups -OCH3 is 1. The van der Waals surface area contributed by atoms with Gasteiger partial charge in [-0.1, -0.05) is 41.9 Å². The zero-order valence-corrected chi connectivity index (χ0v) is 25.4. The third-order valence-electron chi connectivity index (χ3n) is 8.21. The molecule has 0 radical (unpaired) electrons. The molecule has 2 aromatic carbocycles. The first-order valence-electron chi connectivity index (χ1n) is 14.6. The van der Waals surface area contributed by atoms with E-state index in [0.717, 1.165) is 77.8 Å². The molecule has 8 heteroatoms. The third kappa shape index (κ3) is 7.39. The highest BCUT2D eigenvalue weighted by molar-refractivity contribution is 6.30. The summed E-state index contributed by atoms with van der Waals surface area (Å²) in [5, 5.41) is 11.4. The van der Waals surface area contributed by atoms with Crippen LogP contribution in [0.3, 0.4) is 0 Å². The Labute approximate surface area is 253 Å². The molecule has 0 unspecified atom stereocenters. The highest BCUT2D eigenvalue weighted by Crippen LogP contribution is 2.38. The van der Waals surface area contributed by atoms with Crippen LogP contribution in [0, 0.1) is 0 Å². The van der Waals surface area contributed by atoms with Crippen molar-refractivity contribution in [3.05, 3.63) is 99.8 Å². The van der Waals surface area contributed by atoms with Crippen LogP contribution in [-0.2, 0) is 28.3 Å². The number of pyridine rings is 1. The van der Waals surface area contributed by atoms with Gasteiger partial charge in [-0.05, 0) is 80.3 Å². The highest BCUT2D eigenvalue weighted by atomic mass is 35.5. The van der Waals surface area contributed by atoms with E-state index < -0.39 is 5.60 Å². The SMILES string of the molecule is COC(=O)CCN(Cc1ccc(Cl)cc1)[C@@H]1CCN(CC/C=C2/c3cc(C(C)(C)O)ccc3OCc3ncccc32)C1. The van der Waals surface area contributed by atoms with Crippen molar-refractivity contribution >= 4 is 23.1 Å². The van der Waals surface area contributed by atoms with Crippen LogP contribution in [0.1, 0.15) is 61.1 Å². The quantitative estimate of drug-likeness (QED) is 0.299. The van der Waals surface area contributed by atoms with Crippen LogP contribution >= 0.6 is 11.6 Å². The summed E-state index contributed by atoms with van der Waals surface area (Å²) >= 11 is 6.11. The van der Waals surface area contributed by atoms with Crippen LogP contribution in [0.25, 0.3) is 5.57 Å². The normalized spacial score (nSPS) is 18.0. The molecule has 0 aliphatic carbocycles. The standard InChI is InChI=1S/C34H40ClN3O4/c1-34(2,40)25-10-13-32-30(20-25)28(29-6-4-16-36-31(29)23-42-32)7-5-17-37-18-14-27(22-37)38(19-15-33(39)41-3)21-24-8-11-26(35)12-9-24/h4,6-13,16,20,27,40H,5,14-15,17-19,21-23H2,1-3H3/b28-7+/t27-/m1/s1. The van der Waals surface area contributed by atoms with Gasteiger partial charge in [0.15, 0.2) is 0 Å². The second-order valence-electron chi connectivity index (χ2n) is 11.6. The minimum atomic E-state index is -0.958. The fourth-order valence-electron chi connectivity index (χ4n) is 5.81. The molecular weight excluding hydrogens is 550 g/mol. The predicted octanol–water partition coefficient (Wildman–Crippen LogP) is 5.82.